The number of aromatic amines is 2. The molecule has 7 nitrogen and oxygen atoms in total. The Morgan fingerprint density at radius 2 is 1.73 bits per heavy atom. The lowest BCUT2D eigenvalue weighted by Gasteiger charge is -2.06. The van der Waals surface area contributed by atoms with Crippen molar-refractivity contribution in [2.24, 2.45) is 0 Å². The molecule has 0 fully saturated rings. The van der Waals surface area contributed by atoms with E-state index < -0.39 is 0 Å². The Hall–Kier alpha value is -4.59. The van der Waals surface area contributed by atoms with Crippen LogP contribution < -0.4 is 4.74 Å². The third-order valence-electron chi connectivity index (χ3n) is 5.62. The molecule has 0 aliphatic rings. The summed E-state index contributed by atoms with van der Waals surface area (Å²) in [4.78, 5) is 16.5. The van der Waals surface area contributed by atoms with Gasteiger partial charge in [0.25, 0.3) is 0 Å². The number of H-pyrrole nitrogens is 2. The molecule has 0 aliphatic heterocycles. The maximum absolute atomic E-state index is 14.1. The van der Waals surface area contributed by atoms with Crippen molar-refractivity contribution in [1.82, 2.24) is 30.1 Å². The number of pyridine rings is 3. The van der Waals surface area contributed by atoms with Crippen LogP contribution in [0.1, 0.15) is 0 Å². The molecular weight excluding hydrogens is 419 g/mol. The summed E-state index contributed by atoms with van der Waals surface area (Å²) in [5, 5.41) is 9.21. The lowest BCUT2D eigenvalue weighted by molar-refractivity contribution is 0.411. The van der Waals surface area contributed by atoms with E-state index in [1.165, 1.54) is 19.2 Å². The second-order valence-corrected chi connectivity index (χ2v) is 7.61. The van der Waals surface area contributed by atoms with E-state index in [1.54, 1.807) is 30.9 Å². The van der Waals surface area contributed by atoms with E-state index in [-0.39, 0.29) is 5.82 Å². The Kier molecular flexibility index (Phi) is 4.36. The third kappa shape index (κ3) is 3.28. The molecule has 0 spiro atoms. The van der Waals surface area contributed by atoms with Gasteiger partial charge in [0.15, 0.2) is 5.65 Å². The van der Waals surface area contributed by atoms with Gasteiger partial charge in [-0.15, -0.1) is 0 Å². The van der Waals surface area contributed by atoms with Gasteiger partial charge in [0.2, 0.25) is 0 Å². The number of benzene rings is 1. The number of nitrogens with zero attached hydrogens (tertiary/aromatic N) is 4. The minimum absolute atomic E-state index is 0.381. The van der Waals surface area contributed by atoms with Crippen LogP contribution in [-0.4, -0.2) is 37.2 Å². The molecule has 0 atom stereocenters. The molecule has 0 unspecified atom stereocenters. The van der Waals surface area contributed by atoms with Gasteiger partial charge in [-0.2, -0.15) is 5.10 Å². The van der Waals surface area contributed by atoms with Crippen molar-refractivity contribution in [3.63, 3.8) is 0 Å². The fourth-order valence-electron chi connectivity index (χ4n) is 4.04. The zero-order chi connectivity index (χ0) is 22.4. The lowest BCUT2D eigenvalue weighted by atomic mass is 10.1. The van der Waals surface area contributed by atoms with E-state index in [9.17, 15) is 4.39 Å². The fourth-order valence-corrected chi connectivity index (χ4v) is 4.04. The van der Waals surface area contributed by atoms with Crippen molar-refractivity contribution in [2.75, 3.05) is 7.11 Å². The van der Waals surface area contributed by atoms with Crippen molar-refractivity contribution in [3.05, 3.63) is 79.1 Å². The first-order valence-corrected chi connectivity index (χ1v) is 10.3. The topological polar surface area (TPSA) is 92.4 Å². The standard InChI is InChI=1S/C25H17FN6O/c1-33-18-9-15(8-17(26)11-18)23-19-12-22(30-21(19)4-7-28-23)24-20-10-16(13-29-25(20)32-31-24)14-2-5-27-6-3-14/h2-13,30H,1H3,(H,29,31,32). The van der Waals surface area contributed by atoms with Crippen LogP contribution in [0.25, 0.3) is 55.7 Å². The predicted molar refractivity (Wildman–Crippen MR) is 124 cm³/mol. The SMILES string of the molecule is COc1cc(F)cc(-c2nccc3[nH]c(-c4[nH]nc5ncc(-c6ccncc6)cc45)cc23)c1. The van der Waals surface area contributed by atoms with Crippen molar-refractivity contribution >= 4 is 21.9 Å². The summed E-state index contributed by atoms with van der Waals surface area (Å²) in [6.07, 6.45) is 7.00. The van der Waals surface area contributed by atoms with Crippen LogP contribution in [0.5, 0.6) is 5.75 Å². The molecule has 0 saturated carbocycles. The van der Waals surface area contributed by atoms with Crippen LogP contribution in [0.3, 0.4) is 0 Å². The van der Waals surface area contributed by atoms with Crippen LogP contribution in [0.2, 0.25) is 0 Å². The van der Waals surface area contributed by atoms with Gasteiger partial charge in [-0.1, -0.05) is 0 Å². The van der Waals surface area contributed by atoms with Crippen LogP contribution in [-0.2, 0) is 0 Å². The van der Waals surface area contributed by atoms with Gasteiger partial charge in [0.1, 0.15) is 11.6 Å². The molecule has 0 aliphatic carbocycles. The first-order chi connectivity index (χ1) is 16.2. The van der Waals surface area contributed by atoms with E-state index in [0.29, 0.717) is 22.7 Å². The molecule has 33 heavy (non-hydrogen) atoms. The van der Waals surface area contributed by atoms with E-state index in [0.717, 1.165) is 38.8 Å². The highest BCUT2D eigenvalue weighted by atomic mass is 19.1. The van der Waals surface area contributed by atoms with Gasteiger partial charge in [-0.05, 0) is 48.0 Å². The molecule has 0 bridgehead atoms. The van der Waals surface area contributed by atoms with E-state index in [2.05, 4.69) is 36.2 Å². The van der Waals surface area contributed by atoms with Crippen molar-refractivity contribution in [2.45, 2.75) is 0 Å². The number of fused-ring (bicyclic) bond motifs is 2. The molecule has 5 aromatic heterocycles. The average molecular weight is 436 g/mol. The Bertz CT molecular complexity index is 1620. The molecule has 0 amide bonds. The van der Waals surface area contributed by atoms with E-state index in [4.69, 9.17) is 4.74 Å². The highest BCUT2D eigenvalue weighted by molar-refractivity contribution is 6.00. The van der Waals surface area contributed by atoms with E-state index >= 15 is 0 Å². The average Bonchev–Trinajstić information content (AvgIpc) is 3.47. The zero-order valence-electron chi connectivity index (χ0n) is 17.5. The van der Waals surface area contributed by atoms with Gasteiger partial charge in [0, 0.05) is 58.3 Å². The summed E-state index contributed by atoms with van der Waals surface area (Å²) >= 11 is 0. The van der Waals surface area contributed by atoms with Crippen LogP contribution >= 0.6 is 0 Å². The molecule has 160 valence electrons. The summed E-state index contributed by atoms with van der Waals surface area (Å²) in [6, 6.07) is 14.4. The van der Waals surface area contributed by atoms with Crippen molar-refractivity contribution in [3.8, 4) is 39.5 Å². The quantitative estimate of drug-likeness (QED) is 0.387. The smallest absolute Gasteiger partial charge is 0.181 e. The number of rotatable bonds is 4. The molecule has 6 aromatic rings. The first-order valence-electron chi connectivity index (χ1n) is 10.3. The molecular formula is C25H17FN6O. The largest absolute Gasteiger partial charge is 0.497 e. The Morgan fingerprint density at radius 3 is 2.58 bits per heavy atom. The van der Waals surface area contributed by atoms with Gasteiger partial charge in [0.05, 0.1) is 24.2 Å². The highest BCUT2D eigenvalue weighted by Gasteiger charge is 2.16. The maximum atomic E-state index is 14.1. The molecule has 1 aromatic carbocycles. The normalized spacial score (nSPS) is 11.3. The van der Waals surface area contributed by atoms with Gasteiger partial charge in [-0.25, -0.2) is 9.37 Å². The second-order valence-electron chi connectivity index (χ2n) is 7.61. The number of aromatic nitrogens is 6. The molecule has 6 rings (SSSR count). The lowest BCUT2D eigenvalue weighted by Crippen LogP contribution is -1.89. The van der Waals surface area contributed by atoms with Crippen LogP contribution in [0.4, 0.5) is 4.39 Å². The predicted octanol–water partition coefficient (Wildman–Crippen LogP) is 5.38. The Labute approximate surface area is 187 Å². The molecule has 5 heterocycles. The van der Waals surface area contributed by atoms with Crippen molar-refractivity contribution < 1.29 is 9.13 Å². The van der Waals surface area contributed by atoms with Gasteiger partial charge >= 0.3 is 0 Å². The molecule has 0 saturated heterocycles. The number of hydrogen-bond acceptors (Lipinski definition) is 5. The fraction of sp³-hybridized carbons (Fsp3) is 0.0400. The van der Waals surface area contributed by atoms with Crippen LogP contribution in [0.15, 0.2) is 73.3 Å². The number of halogens is 1. The summed E-state index contributed by atoms with van der Waals surface area (Å²) in [7, 11) is 1.51. The van der Waals surface area contributed by atoms with Crippen molar-refractivity contribution in [1.29, 1.82) is 0 Å². The first kappa shape index (κ1) is 19.1. The summed E-state index contributed by atoms with van der Waals surface area (Å²) in [6.45, 7) is 0. The van der Waals surface area contributed by atoms with Gasteiger partial charge < -0.3 is 9.72 Å². The van der Waals surface area contributed by atoms with Crippen LogP contribution in [0, 0.1) is 5.82 Å². The highest BCUT2D eigenvalue weighted by Crippen LogP contribution is 2.34. The van der Waals surface area contributed by atoms with Gasteiger partial charge in [-0.3, -0.25) is 15.1 Å². The maximum Gasteiger partial charge on any atom is 0.181 e. The number of ether oxygens (including phenoxy) is 1. The zero-order valence-corrected chi connectivity index (χ0v) is 17.5. The molecule has 0 radical (unpaired) electrons. The van der Waals surface area contributed by atoms with E-state index in [1.807, 2.05) is 24.3 Å². The third-order valence-corrected chi connectivity index (χ3v) is 5.62. The number of nitrogens with one attached hydrogen (secondary N) is 2. The Morgan fingerprint density at radius 1 is 0.848 bits per heavy atom. The monoisotopic (exact) mass is 436 g/mol. The molecule has 8 heteroatoms. The Balaban J connectivity index is 1.50. The summed E-state index contributed by atoms with van der Waals surface area (Å²) < 4.78 is 19.4. The summed E-state index contributed by atoms with van der Waals surface area (Å²) in [5.74, 6) is 0.0574. The minimum Gasteiger partial charge on any atom is -0.497 e. The number of methoxy groups -OCH3 is 1. The summed E-state index contributed by atoms with van der Waals surface area (Å²) in [5.41, 5.74) is 6.43. The number of hydrogen-bond donors (Lipinski definition) is 2. The molecule has 2 N–H and O–H groups in total. The second kappa shape index (κ2) is 7.52. The minimum atomic E-state index is -0.381.